The zero-order valence-electron chi connectivity index (χ0n) is 11.9. The lowest BCUT2D eigenvalue weighted by Gasteiger charge is -2.18. The van der Waals surface area contributed by atoms with Gasteiger partial charge in [-0.2, -0.15) is 0 Å². The highest BCUT2D eigenvalue weighted by Gasteiger charge is 2.20. The van der Waals surface area contributed by atoms with Gasteiger partial charge in [0.05, 0.1) is 6.61 Å². The van der Waals surface area contributed by atoms with Crippen LogP contribution in [-0.2, 0) is 16.0 Å². The number of ether oxygens (including phenoxy) is 1. The average Bonchev–Trinajstić information content (AvgIpc) is 2.48. The van der Waals surface area contributed by atoms with Crippen molar-refractivity contribution in [3.63, 3.8) is 0 Å². The molecule has 0 radical (unpaired) electrons. The molecule has 110 valence electrons. The number of benzene rings is 2. The van der Waals surface area contributed by atoms with Gasteiger partial charge in [0.25, 0.3) is 0 Å². The van der Waals surface area contributed by atoms with E-state index in [2.05, 4.69) is 5.32 Å². The molecule has 1 N–H and O–H groups in total. The molecular formula is C17H18FNO2. The summed E-state index contributed by atoms with van der Waals surface area (Å²) < 4.78 is 18.3. The van der Waals surface area contributed by atoms with Crippen LogP contribution in [0, 0.1) is 5.82 Å². The quantitative estimate of drug-likeness (QED) is 0.827. The van der Waals surface area contributed by atoms with Crippen LogP contribution in [-0.4, -0.2) is 18.6 Å². The second kappa shape index (κ2) is 7.43. The van der Waals surface area contributed by atoms with Crippen molar-refractivity contribution in [3.8, 4) is 0 Å². The number of nitrogens with one attached hydrogen (secondary N) is 1. The second-order valence-electron chi connectivity index (χ2n) is 4.65. The largest absolute Gasteiger partial charge is 0.464 e. The van der Waals surface area contributed by atoms with Crippen LogP contribution in [0.15, 0.2) is 54.6 Å². The Morgan fingerprint density at radius 3 is 2.62 bits per heavy atom. The van der Waals surface area contributed by atoms with E-state index in [0.29, 0.717) is 18.7 Å². The van der Waals surface area contributed by atoms with E-state index in [0.717, 1.165) is 5.56 Å². The summed E-state index contributed by atoms with van der Waals surface area (Å²) in [6.45, 7) is 2.08. The normalized spacial score (nSPS) is 11.7. The molecule has 0 aliphatic heterocycles. The minimum Gasteiger partial charge on any atom is -0.464 e. The van der Waals surface area contributed by atoms with E-state index >= 15 is 0 Å². The molecule has 2 rings (SSSR count). The lowest BCUT2D eigenvalue weighted by molar-refractivity contribution is -0.144. The van der Waals surface area contributed by atoms with E-state index in [1.54, 1.807) is 19.1 Å². The second-order valence-corrected chi connectivity index (χ2v) is 4.65. The highest BCUT2D eigenvalue weighted by Crippen LogP contribution is 2.14. The number of anilines is 1. The predicted molar refractivity (Wildman–Crippen MR) is 80.6 cm³/mol. The maximum absolute atomic E-state index is 13.2. The molecule has 2 aromatic rings. The summed E-state index contributed by atoms with van der Waals surface area (Å²) in [6.07, 6.45) is 0.482. The molecule has 0 saturated heterocycles. The summed E-state index contributed by atoms with van der Waals surface area (Å²) in [5, 5.41) is 3.04. The molecule has 0 spiro atoms. The van der Waals surface area contributed by atoms with Crippen LogP contribution < -0.4 is 5.32 Å². The Bertz CT molecular complexity index is 586. The summed E-state index contributed by atoms with van der Waals surface area (Å²) in [5.74, 6) is -0.687. The zero-order valence-corrected chi connectivity index (χ0v) is 11.9. The van der Waals surface area contributed by atoms with Crippen LogP contribution in [0.1, 0.15) is 12.5 Å². The predicted octanol–water partition coefficient (Wildman–Crippen LogP) is 3.41. The Hall–Kier alpha value is -2.36. The fourth-order valence-corrected chi connectivity index (χ4v) is 2.07. The van der Waals surface area contributed by atoms with Gasteiger partial charge >= 0.3 is 5.97 Å². The minimum atomic E-state index is -0.547. The Labute approximate surface area is 123 Å². The van der Waals surface area contributed by atoms with Crippen molar-refractivity contribution < 1.29 is 13.9 Å². The maximum Gasteiger partial charge on any atom is 0.328 e. The smallest absolute Gasteiger partial charge is 0.328 e. The van der Waals surface area contributed by atoms with Gasteiger partial charge in [0.2, 0.25) is 0 Å². The highest BCUT2D eigenvalue weighted by atomic mass is 19.1. The number of carbonyl (C=O) groups is 1. The van der Waals surface area contributed by atoms with Crippen LogP contribution in [0.2, 0.25) is 0 Å². The van der Waals surface area contributed by atoms with Crippen LogP contribution in [0.4, 0.5) is 10.1 Å². The van der Waals surface area contributed by atoms with Gasteiger partial charge < -0.3 is 10.1 Å². The first-order valence-electron chi connectivity index (χ1n) is 6.91. The molecule has 2 aromatic carbocycles. The van der Waals surface area contributed by atoms with E-state index in [4.69, 9.17) is 4.74 Å². The number of esters is 1. The summed E-state index contributed by atoms with van der Waals surface area (Å²) >= 11 is 0. The molecular weight excluding hydrogens is 269 g/mol. The third kappa shape index (κ3) is 4.60. The molecule has 1 unspecified atom stereocenters. The molecule has 4 heteroatoms. The number of hydrogen-bond acceptors (Lipinski definition) is 3. The lowest BCUT2D eigenvalue weighted by Crippen LogP contribution is -2.33. The van der Waals surface area contributed by atoms with Crippen molar-refractivity contribution >= 4 is 11.7 Å². The molecule has 0 aliphatic carbocycles. The van der Waals surface area contributed by atoms with E-state index < -0.39 is 6.04 Å². The third-order valence-corrected chi connectivity index (χ3v) is 3.02. The highest BCUT2D eigenvalue weighted by molar-refractivity contribution is 5.79. The molecule has 0 aliphatic rings. The third-order valence-electron chi connectivity index (χ3n) is 3.02. The Morgan fingerprint density at radius 2 is 1.95 bits per heavy atom. The number of halogens is 1. The van der Waals surface area contributed by atoms with Gasteiger partial charge in [-0.3, -0.25) is 0 Å². The van der Waals surface area contributed by atoms with E-state index in [1.165, 1.54) is 12.1 Å². The maximum atomic E-state index is 13.2. The molecule has 21 heavy (non-hydrogen) atoms. The fourth-order valence-electron chi connectivity index (χ4n) is 2.07. The van der Waals surface area contributed by atoms with Gasteiger partial charge in [-0.05, 0) is 30.7 Å². The molecule has 0 fully saturated rings. The van der Waals surface area contributed by atoms with Crippen molar-refractivity contribution in [1.82, 2.24) is 0 Å². The SMILES string of the molecule is CCOC(=O)C(Cc1ccccc1)Nc1cccc(F)c1. The van der Waals surface area contributed by atoms with Crippen LogP contribution in [0.25, 0.3) is 0 Å². The molecule has 3 nitrogen and oxygen atoms in total. The standard InChI is InChI=1S/C17H18FNO2/c1-2-21-17(20)16(11-13-7-4-3-5-8-13)19-15-10-6-9-14(18)12-15/h3-10,12,16,19H,2,11H2,1H3. The summed E-state index contributed by atoms with van der Waals surface area (Å²) in [7, 11) is 0. The Morgan fingerprint density at radius 1 is 1.19 bits per heavy atom. The number of rotatable bonds is 6. The lowest BCUT2D eigenvalue weighted by atomic mass is 10.1. The van der Waals surface area contributed by atoms with Gasteiger partial charge in [0, 0.05) is 12.1 Å². The van der Waals surface area contributed by atoms with Gasteiger partial charge in [0.1, 0.15) is 11.9 Å². The van der Waals surface area contributed by atoms with Crippen LogP contribution in [0.5, 0.6) is 0 Å². The first-order chi connectivity index (χ1) is 10.2. The van der Waals surface area contributed by atoms with E-state index in [1.807, 2.05) is 30.3 Å². The number of carbonyl (C=O) groups excluding carboxylic acids is 1. The van der Waals surface area contributed by atoms with Crippen molar-refractivity contribution in [2.75, 3.05) is 11.9 Å². The number of hydrogen-bond donors (Lipinski definition) is 1. The van der Waals surface area contributed by atoms with Crippen LogP contribution >= 0.6 is 0 Å². The summed E-state index contributed by atoms with van der Waals surface area (Å²) in [4.78, 5) is 12.1. The van der Waals surface area contributed by atoms with E-state index in [9.17, 15) is 9.18 Å². The first kappa shape index (κ1) is 15.0. The monoisotopic (exact) mass is 287 g/mol. The fraction of sp³-hybridized carbons (Fsp3) is 0.235. The van der Waals surface area contributed by atoms with Crippen molar-refractivity contribution in [3.05, 3.63) is 66.0 Å². The van der Waals surface area contributed by atoms with Crippen LogP contribution in [0.3, 0.4) is 0 Å². The van der Waals surface area contributed by atoms with Gasteiger partial charge in [-0.15, -0.1) is 0 Å². The average molecular weight is 287 g/mol. The van der Waals surface area contributed by atoms with Crippen molar-refractivity contribution in [2.24, 2.45) is 0 Å². The Kier molecular flexibility index (Phi) is 5.32. The first-order valence-corrected chi connectivity index (χ1v) is 6.91. The minimum absolute atomic E-state index is 0.314. The topological polar surface area (TPSA) is 38.3 Å². The molecule has 1 atom stereocenters. The molecule has 0 aromatic heterocycles. The van der Waals surface area contributed by atoms with Gasteiger partial charge in [0.15, 0.2) is 0 Å². The van der Waals surface area contributed by atoms with Gasteiger partial charge in [-0.1, -0.05) is 36.4 Å². The van der Waals surface area contributed by atoms with Gasteiger partial charge in [-0.25, -0.2) is 9.18 Å². The van der Waals surface area contributed by atoms with Crippen molar-refractivity contribution in [1.29, 1.82) is 0 Å². The summed E-state index contributed by atoms with van der Waals surface area (Å²) in [5.41, 5.74) is 1.57. The van der Waals surface area contributed by atoms with E-state index in [-0.39, 0.29) is 11.8 Å². The molecule has 0 bridgehead atoms. The molecule has 0 amide bonds. The molecule has 0 heterocycles. The Balaban J connectivity index is 2.14. The summed E-state index contributed by atoms with van der Waals surface area (Å²) in [6, 6.07) is 15.1. The molecule has 0 saturated carbocycles. The zero-order chi connectivity index (χ0) is 15.1. The van der Waals surface area contributed by atoms with Crippen molar-refractivity contribution in [2.45, 2.75) is 19.4 Å².